The normalized spacial score (nSPS) is 31.9. The predicted molar refractivity (Wildman–Crippen MR) is 251 cm³/mol. The third-order valence-electron chi connectivity index (χ3n) is 13.2. The smallest absolute Gasteiger partial charge is 0.348 e. The maximum atomic E-state index is 13.1. The summed E-state index contributed by atoms with van der Waals surface area (Å²) in [5, 5.41) is 31.5. The zero-order valence-corrected chi connectivity index (χ0v) is 41.6. The summed E-state index contributed by atoms with van der Waals surface area (Å²) >= 11 is 0. The average molecular weight is 1070 g/mol. The van der Waals surface area contributed by atoms with Gasteiger partial charge in [0.2, 0.25) is 0 Å². The topological polar surface area (TPSA) is 325 Å². The van der Waals surface area contributed by atoms with Crippen LogP contribution in [-0.2, 0) is 100.0 Å². The first-order valence-corrected chi connectivity index (χ1v) is 24.1. The highest BCUT2D eigenvalue weighted by Gasteiger charge is 2.58. The summed E-state index contributed by atoms with van der Waals surface area (Å²) in [5.41, 5.74) is -2.24. The van der Waals surface area contributed by atoms with Crippen molar-refractivity contribution in [3.63, 3.8) is 0 Å². The van der Waals surface area contributed by atoms with E-state index in [9.17, 15) is 58.5 Å². The first kappa shape index (κ1) is 54.2. The Morgan fingerprint density at radius 2 is 0.558 bits per heavy atom. The molecule has 406 valence electrons. The summed E-state index contributed by atoms with van der Waals surface area (Å²) < 4.78 is 65.3. The van der Waals surface area contributed by atoms with E-state index in [0.29, 0.717) is 0 Å². The summed E-state index contributed by atoms with van der Waals surface area (Å²) in [6.45, 7) is 6.35. The molecule has 0 amide bonds. The SMILES string of the molecule is CCC1(C)OC(=O)C(=CC=CC=CC2=C(O)OC3(CCC4(CC3)OC(=O)C(C=CC=CC=C3C(=O)OC5(CCC6(CC5)OC(=O)C(=CC=CC=CC5=C(O)OC(C)(CC)OC5=O)C(=O)O6)OC3=O)=C(O)O4)OC2=O)C(=O)O1. The molecule has 1 unspecified atom stereocenters. The van der Waals surface area contributed by atoms with Crippen LogP contribution in [0.5, 0.6) is 0 Å². The van der Waals surface area contributed by atoms with Crippen molar-refractivity contribution in [3.8, 4) is 0 Å². The second-order valence-electron chi connectivity index (χ2n) is 18.6. The van der Waals surface area contributed by atoms with Crippen LogP contribution in [0.2, 0.25) is 0 Å². The molecule has 3 N–H and O–H groups in total. The molecule has 8 aliphatic rings. The Kier molecular flexibility index (Phi) is 14.7. The van der Waals surface area contributed by atoms with Gasteiger partial charge in [-0.1, -0.05) is 68.5 Å². The molecule has 0 aromatic rings. The Labute approximate surface area is 437 Å². The van der Waals surface area contributed by atoms with E-state index in [-0.39, 0.29) is 86.5 Å². The first-order chi connectivity index (χ1) is 36.5. The minimum Gasteiger partial charge on any atom is -0.480 e. The number of aliphatic hydroxyl groups is 3. The van der Waals surface area contributed by atoms with Crippen LogP contribution in [0.4, 0.5) is 0 Å². The van der Waals surface area contributed by atoms with E-state index in [1.54, 1.807) is 13.8 Å². The van der Waals surface area contributed by atoms with E-state index < -0.39 is 117 Å². The van der Waals surface area contributed by atoms with Crippen molar-refractivity contribution in [3.05, 3.63) is 142 Å². The molecule has 5 fully saturated rings. The van der Waals surface area contributed by atoms with Crippen molar-refractivity contribution in [2.75, 3.05) is 0 Å². The number of hydrogen-bond acceptors (Lipinski definition) is 24. The number of aliphatic hydroxyl groups excluding tert-OH is 3. The third kappa shape index (κ3) is 11.5. The second kappa shape index (κ2) is 20.9. The Balaban J connectivity index is 0.791. The molecule has 24 heteroatoms. The third-order valence-corrected chi connectivity index (χ3v) is 13.2. The Morgan fingerprint density at radius 3 is 0.844 bits per heavy atom. The van der Waals surface area contributed by atoms with E-state index in [2.05, 4.69) is 0 Å². The molecule has 3 saturated heterocycles. The van der Waals surface area contributed by atoms with E-state index in [4.69, 9.17) is 56.8 Å². The van der Waals surface area contributed by atoms with Gasteiger partial charge in [-0.3, -0.25) is 0 Å². The lowest BCUT2D eigenvalue weighted by atomic mass is 9.87. The Hall–Kier alpha value is -9.09. The van der Waals surface area contributed by atoms with Gasteiger partial charge in [-0.2, -0.15) is 0 Å². The number of carbonyl (C=O) groups excluding carboxylic acids is 9. The number of rotatable bonds is 11. The quantitative estimate of drug-likeness (QED) is 0.0743. The van der Waals surface area contributed by atoms with Gasteiger partial charge in [-0.25, -0.2) is 43.2 Å². The van der Waals surface area contributed by atoms with Gasteiger partial charge in [0.25, 0.3) is 52.6 Å². The minimum atomic E-state index is -1.75. The molecule has 1 atom stereocenters. The van der Waals surface area contributed by atoms with Crippen molar-refractivity contribution in [2.45, 2.75) is 127 Å². The van der Waals surface area contributed by atoms with Crippen LogP contribution in [0, 0.1) is 0 Å². The molecule has 24 nitrogen and oxygen atoms in total. The van der Waals surface area contributed by atoms with Crippen LogP contribution in [0.15, 0.2) is 142 Å². The predicted octanol–water partition coefficient (Wildman–Crippen LogP) is 5.62. The van der Waals surface area contributed by atoms with Crippen molar-refractivity contribution in [2.24, 2.45) is 0 Å². The van der Waals surface area contributed by atoms with E-state index in [0.717, 1.165) is 18.2 Å². The minimum absolute atomic E-state index is 0.137. The molecular weight excluding hydrogens is 1020 g/mol. The zero-order chi connectivity index (χ0) is 55.6. The summed E-state index contributed by atoms with van der Waals surface area (Å²) in [5.74, 6) is -20.2. The molecule has 6 aliphatic heterocycles. The lowest BCUT2D eigenvalue weighted by molar-refractivity contribution is -0.302. The molecule has 8 rings (SSSR count). The van der Waals surface area contributed by atoms with Gasteiger partial charge in [0.1, 0.15) is 33.4 Å². The lowest BCUT2D eigenvalue weighted by Crippen LogP contribution is -2.56. The first-order valence-electron chi connectivity index (χ1n) is 24.1. The largest absolute Gasteiger partial charge is 0.480 e. The molecule has 6 heterocycles. The summed E-state index contributed by atoms with van der Waals surface area (Å²) in [7, 11) is 0. The highest BCUT2D eigenvalue weighted by Crippen LogP contribution is 2.48. The van der Waals surface area contributed by atoms with Crippen molar-refractivity contribution < 1.29 is 115 Å². The van der Waals surface area contributed by atoms with Gasteiger partial charge < -0.3 is 72.2 Å². The van der Waals surface area contributed by atoms with Crippen LogP contribution in [0.3, 0.4) is 0 Å². The van der Waals surface area contributed by atoms with Crippen LogP contribution in [0.1, 0.15) is 91.9 Å². The average Bonchev–Trinajstić information content (AvgIpc) is 3.35. The Morgan fingerprint density at radius 1 is 0.325 bits per heavy atom. The standard InChI is InChI=1S/C53H50O24/c1-5-48(3)66-36(54)30(37(55)67-48)16-10-7-12-18-32-40(58)70-50(71-41(32)59)22-26-52(27-23-50)74-44(62)34(45(63)75-52)20-14-9-15-21-35-46(64)76-53(77-47(35)65)28-24-51(25-29-53)72-42(60)33(43(61)73-51)19-13-8-11-17-31-38(56)68-49(4,6-2)69-39(31)57/h7-21,54,60,64H,5-6,22-29H2,1-4H3. The number of hydrogen-bond donors (Lipinski definition) is 3. The number of cyclic esters (lactones) is 3. The van der Waals surface area contributed by atoms with Gasteiger partial charge in [0.05, 0.1) is 0 Å². The monoisotopic (exact) mass is 1070 g/mol. The molecule has 0 radical (unpaired) electrons. The molecule has 0 aromatic heterocycles. The molecular formula is C53H50O24. The fourth-order valence-electron chi connectivity index (χ4n) is 8.51. The molecule has 2 aliphatic carbocycles. The van der Waals surface area contributed by atoms with Crippen molar-refractivity contribution >= 4 is 53.7 Å². The van der Waals surface area contributed by atoms with Crippen molar-refractivity contribution in [1.82, 2.24) is 0 Å². The van der Waals surface area contributed by atoms with Crippen molar-refractivity contribution in [1.29, 1.82) is 0 Å². The van der Waals surface area contributed by atoms with Gasteiger partial charge in [0.15, 0.2) is 0 Å². The van der Waals surface area contributed by atoms with Crippen LogP contribution >= 0.6 is 0 Å². The molecule has 0 bridgehead atoms. The Bertz CT molecular complexity index is 2920. The summed E-state index contributed by atoms with van der Waals surface area (Å²) in [6, 6.07) is 0. The van der Waals surface area contributed by atoms with Gasteiger partial charge in [0, 0.05) is 78.1 Å². The maximum absolute atomic E-state index is 13.1. The van der Waals surface area contributed by atoms with E-state index in [1.165, 1.54) is 86.8 Å². The number of ether oxygens (including phenoxy) is 12. The number of esters is 9. The fraction of sp³-hybridized carbons (Fsp3) is 0.377. The van der Waals surface area contributed by atoms with Gasteiger partial charge >= 0.3 is 53.7 Å². The highest BCUT2D eigenvalue weighted by molar-refractivity contribution is 6.17. The highest BCUT2D eigenvalue weighted by atomic mass is 16.8. The maximum Gasteiger partial charge on any atom is 0.348 e. The van der Waals surface area contributed by atoms with Crippen LogP contribution in [0.25, 0.3) is 0 Å². The summed E-state index contributed by atoms with van der Waals surface area (Å²) in [4.78, 5) is 115. The van der Waals surface area contributed by atoms with E-state index >= 15 is 0 Å². The number of carbonyl (C=O) groups is 9. The van der Waals surface area contributed by atoms with Crippen LogP contribution in [-0.4, -0.2) is 104 Å². The van der Waals surface area contributed by atoms with Gasteiger partial charge in [-0.05, 0) is 36.5 Å². The molecule has 2 saturated carbocycles. The van der Waals surface area contributed by atoms with Crippen LogP contribution < -0.4 is 0 Å². The van der Waals surface area contributed by atoms with E-state index in [1.807, 2.05) is 0 Å². The van der Waals surface area contributed by atoms with Gasteiger partial charge in [-0.15, -0.1) is 0 Å². The second-order valence-corrected chi connectivity index (χ2v) is 18.6. The molecule has 77 heavy (non-hydrogen) atoms. The fourth-order valence-corrected chi connectivity index (χ4v) is 8.51. The zero-order valence-electron chi connectivity index (χ0n) is 41.6. The molecule has 4 spiro atoms. The number of allylic oxidation sites excluding steroid dienone is 12. The molecule has 0 aromatic carbocycles. The lowest BCUT2D eigenvalue weighted by Gasteiger charge is -2.46. The summed E-state index contributed by atoms with van der Waals surface area (Å²) in [6.07, 6.45) is 17.9.